The molecule has 0 saturated heterocycles. The molecular weight excluding hydrogens is 326 g/mol. The van der Waals surface area contributed by atoms with E-state index >= 15 is 0 Å². The van der Waals surface area contributed by atoms with Crippen LogP contribution in [0.15, 0.2) is 33.5 Å². The molecule has 2 rings (SSSR count). The summed E-state index contributed by atoms with van der Waals surface area (Å²) >= 11 is 0. The van der Waals surface area contributed by atoms with Crippen LogP contribution >= 0.6 is 0 Å². The highest BCUT2D eigenvalue weighted by Crippen LogP contribution is 2.25. The van der Waals surface area contributed by atoms with Crippen molar-refractivity contribution in [2.75, 3.05) is 6.61 Å². The molecule has 1 aromatic heterocycles. The zero-order chi connectivity index (χ0) is 18.6. The summed E-state index contributed by atoms with van der Waals surface area (Å²) in [6.07, 6.45) is 12.8. The molecule has 0 aliphatic carbocycles. The highest BCUT2D eigenvalue weighted by molar-refractivity contribution is 5.83. The average Bonchev–Trinajstić information content (AvgIpc) is 2.66. The van der Waals surface area contributed by atoms with E-state index in [4.69, 9.17) is 14.4 Å². The largest absolute Gasteiger partial charge is 0.490 e. The molecule has 0 atom stereocenters. The molecule has 0 radical (unpaired) electrons. The third-order valence-electron chi connectivity index (χ3n) is 4.60. The van der Waals surface area contributed by atoms with Crippen molar-refractivity contribution in [1.29, 1.82) is 5.26 Å². The molecular formula is C22H29NO3. The molecule has 0 bridgehead atoms. The Morgan fingerprint density at radius 3 is 2.31 bits per heavy atom. The number of ether oxygens (including phenoxy) is 1. The number of hydrogen-bond acceptors (Lipinski definition) is 4. The fourth-order valence-electron chi connectivity index (χ4n) is 3.08. The molecule has 0 N–H and O–H groups in total. The zero-order valence-corrected chi connectivity index (χ0v) is 15.8. The van der Waals surface area contributed by atoms with E-state index in [1.807, 2.05) is 18.2 Å². The lowest BCUT2D eigenvalue weighted by Crippen LogP contribution is -2.04. The Balaban J connectivity index is 1.69. The minimum Gasteiger partial charge on any atom is -0.490 e. The normalized spacial score (nSPS) is 10.8. The van der Waals surface area contributed by atoms with Crippen molar-refractivity contribution in [1.82, 2.24) is 0 Å². The van der Waals surface area contributed by atoms with Crippen LogP contribution in [0.25, 0.3) is 11.0 Å². The van der Waals surface area contributed by atoms with Crippen LogP contribution in [0.2, 0.25) is 0 Å². The van der Waals surface area contributed by atoms with Crippen molar-refractivity contribution in [3.05, 3.63) is 40.2 Å². The first-order chi connectivity index (χ1) is 12.8. The number of nitriles is 1. The van der Waals surface area contributed by atoms with Gasteiger partial charge < -0.3 is 9.15 Å². The lowest BCUT2D eigenvalue weighted by atomic mass is 10.1. The Morgan fingerprint density at radius 2 is 1.65 bits per heavy atom. The molecule has 26 heavy (non-hydrogen) atoms. The summed E-state index contributed by atoms with van der Waals surface area (Å²) in [5.41, 5.74) is -0.178. The predicted molar refractivity (Wildman–Crippen MR) is 105 cm³/mol. The zero-order valence-electron chi connectivity index (χ0n) is 15.8. The van der Waals surface area contributed by atoms with Crippen molar-refractivity contribution >= 4 is 11.0 Å². The third kappa shape index (κ3) is 6.22. The number of rotatable bonds is 12. The topological polar surface area (TPSA) is 63.2 Å². The average molecular weight is 355 g/mol. The highest BCUT2D eigenvalue weighted by atomic mass is 16.5. The van der Waals surface area contributed by atoms with Gasteiger partial charge in [0.15, 0.2) is 11.3 Å². The molecule has 2 aromatic rings. The Hall–Kier alpha value is -2.28. The van der Waals surface area contributed by atoms with Gasteiger partial charge in [-0.1, -0.05) is 76.8 Å². The van der Waals surface area contributed by atoms with E-state index < -0.39 is 5.63 Å². The minimum atomic E-state index is -0.616. The Labute approximate surface area is 155 Å². The SMILES string of the molecule is CCCCCCCCCCCCOc1cccc2cc(C#N)c(=O)oc12. The van der Waals surface area contributed by atoms with Gasteiger partial charge in [-0.05, 0) is 18.6 Å². The second-order valence-corrected chi connectivity index (χ2v) is 6.76. The van der Waals surface area contributed by atoms with E-state index in [0.717, 1.165) is 12.8 Å². The van der Waals surface area contributed by atoms with Gasteiger partial charge in [-0.25, -0.2) is 4.79 Å². The molecule has 1 heterocycles. The first-order valence-corrected chi connectivity index (χ1v) is 9.86. The molecule has 140 valence electrons. The summed E-state index contributed by atoms with van der Waals surface area (Å²) in [5.74, 6) is 0.569. The minimum absolute atomic E-state index is 0.0179. The molecule has 0 aliphatic rings. The van der Waals surface area contributed by atoms with E-state index in [2.05, 4.69) is 6.92 Å². The molecule has 1 aromatic carbocycles. The van der Waals surface area contributed by atoms with Gasteiger partial charge in [0, 0.05) is 5.39 Å². The van der Waals surface area contributed by atoms with Crippen LogP contribution in [0.3, 0.4) is 0 Å². The van der Waals surface area contributed by atoms with E-state index in [0.29, 0.717) is 23.3 Å². The van der Waals surface area contributed by atoms with Crippen LogP contribution in [-0.4, -0.2) is 6.61 Å². The van der Waals surface area contributed by atoms with Crippen LogP contribution in [0.5, 0.6) is 5.75 Å². The first kappa shape index (κ1) is 20.0. The van der Waals surface area contributed by atoms with E-state index in [1.165, 1.54) is 51.4 Å². The monoisotopic (exact) mass is 355 g/mol. The maximum atomic E-state index is 11.7. The van der Waals surface area contributed by atoms with Gasteiger partial charge in [0.1, 0.15) is 11.6 Å². The van der Waals surface area contributed by atoms with Crippen molar-refractivity contribution in [3.8, 4) is 11.8 Å². The molecule has 0 spiro atoms. The summed E-state index contributed by atoms with van der Waals surface area (Å²) in [6, 6.07) is 8.86. The van der Waals surface area contributed by atoms with Gasteiger partial charge in [-0.15, -0.1) is 0 Å². The van der Waals surface area contributed by atoms with E-state index in [1.54, 1.807) is 12.1 Å². The quantitative estimate of drug-likeness (QED) is 0.348. The molecule has 0 unspecified atom stereocenters. The van der Waals surface area contributed by atoms with Crippen LogP contribution in [0, 0.1) is 11.3 Å². The second kappa shape index (κ2) is 11.4. The van der Waals surface area contributed by atoms with Crippen LogP contribution in [0.1, 0.15) is 76.7 Å². The molecule has 0 saturated carbocycles. The standard InChI is InChI=1S/C22H29NO3/c1-2-3-4-5-6-7-8-9-10-11-15-25-20-14-12-13-18-16-19(17-23)22(24)26-21(18)20/h12-14,16H,2-11,15H2,1H3. The first-order valence-electron chi connectivity index (χ1n) is 9.86. The Kier molecular flexibility index (Phi) is 8.75. The number of benzene rings is 1. The maximum absolute atomic E-state index is 11.7. The van der Waals surface area contributed by atoms with Gasteiger partial charge in [0.2, 0.25) is 0 Å². The van der Waals surface area contributed by atoms with Crippen LogP contribution in [-0.2, 0) is 0 Å². The number of para-hydroxylation sites is 1. The summed E-state index contributed by atoms with van der Waals surface area (Å²) in [5, 5.41) is 9.63. The number of hydrogen-bond donors (Lipinski definition) is 0. The molecule has 0 aliphatic heterocycles. The van der Waals surface area contributed by atoms with Gasteiger partial charge in [0.05, 0.1) is 6.61 Å². The fraction of sp³-hybridized carbons (Fsp3) is 0.545. The van der Waals surface area contributed by atoms with Gasteiger partial charge >= 0.3 is 5.63 Å². The van der Waals surface area contributed by atoms with E-state index in [-0.39, 0.29) is 5.56 Å². The second-order valence-electron chi connectivity index (χ2n) is 6.76. The van der Waals surface area contributed by atoms with Gasteiger partial charge in [-0.3, -0.25) is 0 Å². The fourth-order valence-corrected chi connectivity index (χ4v) is 3.08. The number of unbranched alkanes of at least 4 members (excludes halogenated alkanes) is 9. The highest BCUT2D eigenvalue weighted by Gasteiger charge is 2.09. The van der Waals surface area contributed by atoms with Crippen molar-refractivity contribution in [2.45, 2.75) is 71.1 Å². The number of nitrogens with zero attached hydrogens (tertiary/aromatic N) is 1. The van der Waals surface area contributed by atoms with Crippen LogP contribution in [0.4, 0.5) is 0 Å². The lowest BCUT2D eigenvalue weighted by molar-refractivity contribution is 0.302. The summed E-state index contributed by atoms with van der Waals surface area (Å²) in [7, 11) is 0. The smallest absolute Gasteiger partial charge is 0.354 e. The molecule has 0 amide bonds. The van der Waals surface area contributed by atoms with Crippen LogP contribution < -0.4 is 10.4 Å². The van der Waals surface area contributed by atoms with Crippen molar-refractivity contribution < 1.29 is 9.15 Å². The van der Waals surface area contributed by atoms with Gasteiger partial charge in [0.25, 0.3) is 0 Å². The lowest BCUT2D eigenvalue weighted by Gasteiger charge is -2.08. The van der Waals surface area contributed by atoms with E-state index in [9.17, 15) is 4.79 Å². The third-order valence-corrected chi connectivity index (χ3v) is 4.60. The van der Waals surface area contributed by atoms with Gasteiger partial charge in [-0.2, -0.15) is 5.26 Å². The molecule has 0 fully saturated rings. The summed E-state index contributed by atoms with van der Waals surface area (Å²) < 4.78 is 11.1. The van der Waals surface area contributed by atoms with Crippen molar-refractivity contribution in [3.63, 3.8) is 0 Å². The summed E-state index contributed by atoms with van der Waals surface area (Å²) in [4.78, 5) is 11.7. The Bertz CT molecular complexity index is 773. The summed E-state index contributed by atoms with van der Waals surface area (Å²) in [6.45, 7) is 2.86. The number of fused-ring (bicyclic) bond motifs is 1. The molecule has 4 heteroatoms. The van der Waals surface area contributed by atoms with Crippen molar-refractivity contribution in [2.24, 2.45) is 0 Å². The molecule has 4 nitrogen and oxygen atoms in total. The Morgan fingerprint density at radius 1 is 1.00 bits per heavy atom. The predicted octanol–water partition coefficient (Wildman–Crippen LogP) is 5.96. The maximum Gasteiger partial charge on any atom is 0.354 e.